The van der Waals surface area contributed by atoms with Gasteiger partial charge in [-0.05, 0) is 12.8 Å². The van der Waals surface area contributed by atoms with Crippen LogP contribution in [0.15, 0.2) is 0 Å². The first kappa shape index (κ1) is 12.4. The molecule has 0 spiro atoms. The zero-order valence-corrected chi connectivity index (χ0v) is 8.51. The molecule has 0 radical (unpaired) electrons. The second kappa shape index (κ2) is 8.02. The Bertz CT molecular complexity index is 137. The van der Waals surface area contributed by atoms with Gasteiger partial charge in [0.1, 0.15) is 0 Å². The van der Waals surface area contributed by atoms with Gasteiger partial charge < -0.3 is 4.74 Å². The molecule has 0 aliphatic rings. The lowest BCUT2D eigenvalue weighted by molar-refractivity contribution is -0.146. The van der Waals surface area contributed by atoms with Crippen molar-refractivity contribution in [2.75, 3.05) is 7.11 Å². The van der Waals surface area contributed by atoms with E-state index in [0.29, 0.717) is 6.42 Å². The van der Waals surface area contributed by atoms with Crippen molar-refractivity contribution in [3.05, 3.63) is 0 Å². The van der Waals surface area contributed by atoms with Crippen molar-refractivity contribution >= 4 is 5.97 Å². The first-order chi connectivity index (χ1) is 6.22. The van der Waals surface area contributed by atoms with Crippen molar-refractivity contribution in [3.63, 3.8) is 0 Å². The first-order valence-corrected chi connectivity index (χ1v) is 4.94. The molecular weight excluding hydrogens is 171 g/mol. The van der Waals surface area contributed by atoms with Gasteiger partial charge in [0, 0.05) is 0 Å². The number of rotatable bonds is 7. The zero-order chi connectivity index (χ0) is 10.1. The van der Waals surface area contributed by atoms with Crippen LogP contribution in [-0.4, -0.2) is 19.3 Å². The normalized spacial score (nSPS) is 12.5. The zero-order valence-electron chi connectivity index (χ0n) is 8.51. The Hall–Kier alpha value is -0.600. The largest absolute Gasteiger partial charge is 0.467 e. The molecule has 0 aliphatic heterocycles. The molecule has 0 fully saturated rings. The van der Waals surface area contributed by atoms with Crippen molar-refractivity contribution in [2.24, 2.45) is 0 Å². The molecule has 0 saturated heterocycles. The SMILES string of the molecule is CCCCCCCC(F)C(=O)OC. The van der Waals surface area contributed by atoms with Crippen LogP contribution in [0.3, 0.4) is 0 Å². The lowest BCUT2D eigenvalue weighted by Gasteiger charge is -2.04. The third-order valence-corrected chi connectivity index (χ3v) is 2.02. The summed E-state index contributed by atoms with van der Waals surface area (Å²) in [4.78, 5) is 10.6. The second-order valence-electron chi connectivity index (χ2n) is 3.19. The number of alkyl halides is 1. The lowest BCUT2D eigenvalue weighted by atomic mass is 10.1. The van der Waals surface area contributed by atoms with Gasteiger partial charge in [-0.15, -0.1) is 0 Å². The number of esters is 1. The summed E-state index contributed by atoms with van der Waals surface area (Å²) >= 11 is 0. The fourth-order valence-corrected chi connectivity index (χ4v) is 1.17. The Labute approximate surface area is 79.5 Å². The van der Waals surface area contributed by atoms with Gasteiger partial charge in [-0.25, -0.2) is 9.18 Å². The summed E-state index contributed by atoms with van der Waals surface area (Å²) in [6.45, 7) is 2.13. The van der Waals surface area contributed by atoms with E-state index in [4.69, 9.17) is 0 Å². The Balaban J connectivity index is 3.26. The van der Waals surface area contributed by atoms with Crippen LogP contribution in [0.1, 0.15) is 45.4 Å². The van der Waals surface area contributed by atoms with Crippen molar-refractivity contribution < 1.29 is 13.9 Å². The molecule has 2 nitrogen and oxygen atoms in total. The molecule has 0 heterocycles. The maximum Gasteiger partial charge on any atom is 0.340 e. The molecule has 0 rings (SSSR count). The first-order valence-electron chi connectivity index (χ1n) is 4.94. The molecular formula is C10H19FO2. The maximum absolute atomic E-state index is 12.8. The molecule has 0 N–H and O–H groups in total. The number of methoxy groups -OCH3 is 1. The van der Waals surface area contributed by atoms with Gasteiger partial charge in [0.15, 0.2) is 6.17 Å². The third-order valence-electron chi connectivity index (χ3n) is 2.02. The minimum atomic E-state index is -1.42. The molecule has 1 atom stereocenters. The summed E-state index contributed by atoms with van der Waals surface area (Å²) < 4.78 is 17.1. The molecule has 0 saturated carbocycles. The van der Waals surface area contributed by atoms with E-state index in [-0.39, 0.29) is 0 Å². The van der Waals surface area contributed by atoms with Gasteiger partial charge in [-0.1, -0.05) is 32.6 Å². The molecule has 13 heavy (non-hydrogen) atoms. The number of carbonyl (C=O) groups is 1. The molecule has 78 valence electrons. The number of carbonyl (C=O) groups excluding carboxylic acids is 1. The Morgan fingerprint density at radius 2 is 1.92 bits per heavy atom. The third kappa shape index (κ3) is 6.55. The van der Waals surface area contributed by atoms with Gasteiger partial charge in [0.05, 0.1) is 7.11 Å². The van der Waals surface area contributed by atoms with E-state index in [1.807, 2.05) is 0 Å². The molecule has 0 aromatic heterocycles. The minimum absolute atomic E-state index is 0.302. The van der Waals surface area contributed by atoms with Gasteiger partial charge in [-0.2, -0.15) is 0 Å². The van der Waals surface area contributed by atoms with Crippen LogP contribution in [0.25, 0.3) is 0 Å². The van der Waals surface area contributed by atoms with Gasteiger partial charge in [0.25, 0.3) is 0 Å². The molecule has 0 aromatic carbocycles. The summed E-state index contributed by atoms with van der Waals surface area (Å²) in [5, 5.41) is 0. The summed E-state index contributed by atoms with van der Waals surface area (Å²) in [5.41, 5.74) is 0. The average Bonchev–Trinajstić information content (AvgIpc) is 2.16. The highest BCUT2D eigenvalue weighted by Crippen LogP contribution is 2.10. The predicted octanol–water partition coefficient (Wildman–Crippen LogP) is 2.86. The summed E-state index contributed by atoms with van der Waals surface area (Å²) in [5.74, 6) is -0.740. The number of unbranched alkanes of at least 4 members (excludes halogenated alkanes) is 4. The predicted molar refractivity (Wildman–Crippen MR) is 50.3 cm³/mol. The number of hydrogen-bond donors (Lipinski definition) is 0. The summed E-state index contributed by atoms with van der Waals surface area (Å²) in [6.07, 6.45) is 4.15. The second-order valence-corrected chi connectivity index (χ2v) is 3.19. The minimum Gasteiger partial charge on any atom is -0.467 e. The van der Waals surface area contributed by atoms with Crippen LogP contribution in [0, 0.1) is 0 Å². The fourth-order valence-electron chi connectivity index (χ4n) is 1.17. The Morgan fingerprint density at radius 3 is 2.46 bits per heavy atom. The van der Waals surface area contributed by atoms with E-state index in [9.17, 15) is 9.18 Å². The smallest absolute Gasteiger partial charge is 0.340 e. The summed E-state index contributed by atoms with van der Waals surface area (Å²) in [6, 6.07) is 0. The van der Waals surface area contributed by atoms with Crippen LogP contribution < -0.4 is 0 Å². The van der Waals surface area contributed by atoms with Gasteiger partial charge in [-0.3, -0.25) is 0 Å². The highest BCUT2D eigenvalue weighted by molar-refractivity contribution is 5.74. The van der Waals surface area contributed by atoms with E-state index >= 15 is 0 Å². The summed E-state index contributed by atoms with van der Waals surface area (Å²) in [7, 11) is 1.21. The van der Waals surface area contributed by atoms with E-state index in [1.165, 1.54) is 20.0 Å². The van der Waals surface area contributed by atoms with Crippen LogP contribution in [0.2, 0.25) is 0 Å². The highest BCUT2D eigenvalue weighted by Gasteiger charge is 2.16. The molecule has 3 heteroatoms. The fraction of sp³-hybridized carbons (Fsp3) is 0.900. The molecule has 0 amide bonds. The van der Waals surface area contributed by atoms with Crippen molar-refractivity contribution in [3.8, 4) is 0 Å². The standard InChI is InChI=1S/C10H19FO2/c1-3-4-5-6-7-8-9(11)10(12)13-2/h9H,3-8H2,1-2H3. The average molecular weight is 190 g/mol. The quantitative estimate of drug-likeness (QED) is 0.456. The number of halogens is 1. The van der Waals surface area contributed by atoms with E-state index in [2.05, 4.69) is 11.7 Å². The van der Waals surface area contributed by atoms with Crippen LogP contribution >= 0.6 is 0 Å². The van der Waals surface area contributed by atoms with Crippen LogP contribution in [0.5, 0.6) is 0 Å². The van der Waals surface area contributed by atoms with Crippen molar-refractivity contribution in [1.29, 1.82) is 0 Å². The monoisotopic (exact) mass is 190 g/mol. The molecule has 0 bridgehead atoms. The molecule has 0 aliphatic carbocycles. The number of hydrogen-bond acceptors (Lipinski definition) is 2. The molecule has 0 aromatic rings. The van der Waals surface area contributed by atoms with Crippen molar-refractivity contribution in [1.82, 2.24) is 0 Å². The van der Waals surface area contributed by atoms with Crippen molar-refractivity contribution in [2.45, 2.75) is 51.6 Å². The van der Waals surface area contributed by atoms with E-state index in [0.717, 1.165) is 19.3 Å². The molecule has 1 unspecified atom stereocenters. The topological polar surface area (TPSA) is 26.3 Å². The van der Waals surface area contributed by atoms with Crippen LogP contribution in [-0.2, 0) is 9.53 Å². The lowest BCUT2D eigenvalue weighted by Crippen LogP contribution is -2.16. The highest BCUT2D eigenvalue weighted by atomic mass is 19.1. The number of ether oxygens (including phenoxy) is 1. The van der Waals surface area contributed by atoms with Crippen LogP contribution in [0.4, 0.5) is 4.39 Å². The van der Waals surface area contributed by atoms with Gasteiger partial charge >= 0.3 is 5.97 Å². The van der Waals surface area contributed by atoms with E-state index < -0.39 is 12.1 Å². The van der Waals surface area contributed by atoms with E-state index in [1.54, 1.807) is 0 Å². The Morgan fingerprint density at radius 1 is 1.31 bits per heavy atom. The Kier molecular flexibility index (Phi) is 7.65. The van der Waals surface area contributed by atoms with Gasteiger partial charge in [0.2, 0.25) is 0 Å². The maximum atomic E-state index is 12.8.